The molecule has 0 aromatic rings. The Morgan fingerprint density at radius 1 is 1.06 bits per heavy atom. The van der Waals surface area contributed by atoms with Crippen LogP contribution in [-0.2, 0) is 23.7 Å². The lowest BCUT2D eigenvalue weighted by atomic mass is 10.1. The van der Waals surface area contributed by atoms with Crippen molar-refractivity contribution in [1.82, 2.24) is 0 Å². The summed E-state index contributed by atoms with van der Waals surface area (Å²) in [5.41, 5.74) is 0. The summed E-state index contributed by atoms with van der Waals surface area (Å²) in [5, 5.41) is 0. The Morgan fingerprint density at radius 3 is 2.44 bits per heavy atom. The molecular weight excluding hydrogens is 236 g/mol. The monoisotopic (exact) mass is 262 g/mol. The van der Waals surface area contributed by atoms with Crippen molar-refractivity contribution < 1.29 is 23.7 Å². The van der Waals surface area contributed by atoms with Gasteiger partial charge in [0.25, 0.3) is 0 Å². The zero-order valence-corrected chi connectivity index (χ0v) is 11.8. The first-order chi connectivity index (χ1) is 8.76. The molecule has 1 unspecified atom stereocenters. The highest BCUT2D eigenvalue weighted by Crippen LogP contribution is 2.07. The van der Waals surface area contributed by atoms with Gasteiger partial charge in [-0.1, -0.05) is 19.8 Å². The summed E-state index contributed by atoms with van der Waals surface area (Å²) in [4.78, 5) is 11.4. The van der Waals surface area contributed by atoms with Crippen LogP contribution in [0.3, 0.4) is 0 Å². The molecule has 0 spiro atoms. The Labute approximate surface area is 110 Å². The largest absolute Gasteiger partial charge is 0.467 e. The van der Waals surface area contributed by atoms with Gasteiger partial charge in [0.15, 0.2) is 6.10 Å². The summed E-state index contributed by atoms with van der Waals surface area (Å²) >= 11 is 0. The molecule has 0 aromatic carbocycles. The molecule has 0 fully saturated rings. The van der Waals surface area contributed by atoms with Gasteiger partial charge in [-0.2, -0.15) is 0 Å². The van der Waals surface area contributed by atoms with Gasteiger partial charge in [0.2, 0.25) is 0 Å². The fraction of sp³-hybridized carbons (Fsp3) is 0.923. The predicted molar refractivity (Wildman–Crippen MR) is 68.6 cm³/mol. The van der Waals surface area contributed by atoms with Crippen LogP contribution in [-0.4, -0.2) is 52.7 Å². The molecule has 5 heteroatoms. The zero-order chi connectivity index (χ0) is 13.6. The number of unbranched alkanes of at least 4 members (excludes halogenated alkanes) is 1. The maximum absolute atomic E-state index is 11.4. The molecule has 18 heavy (non-hydrogen) atoms. The normalized spacial score (nSPS) is 12.4. The number of hydrogen-bond donors (Lipinski definition) is 0. The van der Waals surface area contributed by atoms with Crippen molar-refractivity contribution in [2.24, 2.45) is 0 Å². The van der Waals surface area contributed by atoms with Crippen LogP contribution in [0.5, 0.6) is 0 Å². The van der Waals surface area contributed by atoms with Crippen LogP contribution >= 0.6 is 0 Å². The number of ether oxygens (including phenoxy) is 4. The summed E-state index contributed by atoms with van der Waals surface area (Å²) in [7, 11) is 3.03. The Hall–Kier alpha value is -0.650. The molecule has 5 nitrogen and oxygen atoms in total. The van der Waals surface area contributed by atoms with E-state index in [9.17, 15) is 4.79 Å². The van der Waals surface area contributed by atoms with Crippen LogP contribution in [0.4, 0.5) is 0 Å². The molecule has 0 aliphatic rings. The molecule has 0 aliphatic heterocycles. The summed E-state index contributed by atoms with van der Waals surface area (Å²) < 4.78 is 20.4. The molecule has 0 N–H and O–H groups in total. The van der Waals surface area contributed by atoms with Crippen LogP contribution in [0.25, 0.3) is 0 Å². The number of hydrogen-bond acceptors (Lipinski definition) is 5. The van der Waals surface area contributed by atoms with Gasteiger partial charge in [0, 0.05) is 20.3 Å². The minimum absolute atomic E-state index is 0.288. The van der Waals surface area contributed by atoms with Crippen LogP contribution in [0.1, 0.15) is 32.6 Å². The van der Waals surface area contributed by atoms with E-state index in [1.54, 1.807) is 7.11 Å². The number of rotatable bonds is 12. The van der Waals surface area contributed by atoms with Crippen LogP contribution in [0, 0.1) is 0 Å². The summed E-state index contributed by atoms with van der Waals surface area (Å²) in [6.07, 6.45) is 3.05. The van der Waals surface area contributed by atoms with Crippen molar-refractivity contribution in [2.75, 3.05) is 40.6 Å². The average Bonchev–Trinajstić information content (AvgIpc) is 2.40. The topological polar surface area (TPSA) is 54.0 Å². The molecule has 0 rings (SSSR count). The predicted octanol–water partition coefficient (Wildman–Crippen LogP) is 1.79. The van der Waals surface area contributed by atoms with Crippen molar-refractivity contribution in [1.29, 1.82) is 0 Å². The van der Waals surface area contributed by atoms with E-state index in [0.29, 0.717) is 32.8 Å². The van der Waals surface area contributed by atoms with Gasteiger partial charge < -0.3 is 18.9 Å². The Balaban J connectivity index is 3.59. The lowest BCUT2D eigenvalue weighted by Crippen LogP contribution is -2.26. The van der Waals surface area contributed by atoms with E-state index >= 15 is 0 Å². The van der Waals surface area contributed by atoms with E-state index in [1.165, 1.54) is 7.11 Å². The van der Waals surface area contributed by atoms with Crippen LogP contribution in [0.2, 0.25) is 0 Å². The summed E-state index contributed by atoms with van der Waals surface area (Å²) in [5.74, 6) is -0.288. The van der Waals surface area contributed by atoms with E-state index in [2.05, 4.69) is 6.92 Å². The third kappa shape index (κ3) is 9.39. The fourth-order valence-electron chi connectivity index (χ4n) is 1.42. The number of esters is 1. The number of methoxy groups -OCH3 is 2. The minimum Gasteiger partial charge on any atom is -0.467 e. The van der Waals surface area contributed by atoms with E-state index in [1.807, 2.05) is 0 Å². The Morgan fingerprint density at radius 2 is 1.83 bits per heavy atom. The van der Waals surface area contributed by atoms with Crippen molar-refractivity contribution in [3.63, 3.8) is 0 Å². The molecule has 0 saturated carbocycles. The maximum atomic E-state index is 11.4. The van der Waals surface area contributed by atoms with Gasteiger partial charge >= 0.3 is 5.97 Å². The second kappa shape index (κ2) is 12.8. The summed E-state index contributed by atoms with van der Waals surface area (Å²) in [6, 6.07) is 0. The first kappa shape index (κ1) is 17.4. The van der Waals surface area contributed by atoms with E-state index in [-0.39, 0.29) is 5.97 Å². The third-order valence-corrected chi connectivity index (χ3v) is 2.47. The maximum Gasteiger partial charge on any atom is 0.334 e. The standard InChI is InChI=1S/C13H26O5/c1-4-5-7-12(13(14)16-3)18-9-6-8-17-11-10-15-2/h12H,4-11H2,1-3H3. The highest BCUT2D eigenvalue weighted by Gasteiger charge is 2.18. The van der Waals surface area contributed by atoms with Gasteiger partial charge in [0.1, 0.15) is 0 Å². The van der Waals surface area contributed by atoms with Gasteiger partial charge in [-0.3, -0.25) is 0 Å². The molecular formula is C13H26O5. The lowest BCUT2D eigenvalue weighted by Gasteiger charge is -2.15. The van der Waals surface area contributed by atoms with Crippen molar-refractivity contribution >= 4 is 5.97 Å². The zero-order valence-electron chi connectivity index (χ0n) is 11.8. The van der Waals surface area contributed by atoms with E-state index in [4.69, 9.17) is 18.9 Å². The van der Waals surface area contributed by atoms with Gasteiger partial charge in [0.05, 0.1) is 20.3 Å². The van der Waals surface area contributed by atoms with Crippen LogP contribution < -0.4 is 0 Å². The van der Waals surface area contributed by atoms with Crippen LogP contribution in [0.15, 0.2) is 0 Å². The third-order valence-electron chi connectivity index (χ3n) is 2.47. The van der Waals surface area contributed by atoms with Crippen molar-refractivity contribution in [2.45, 2.75) is 38.7 Å². The molecule has 108 valence electrons. The fourth-order valence-corrected chi connectivity index (χ4v) is 1.42. The van der Waals surface area contributed by atoms with Crippen molar-refractivity contribution in [3.8, 4) is 0 Å². The lowest BCUT2D eigenvalue weighted by molar-refractivity contribution is -0.155. The molecule has 0 aliphatic carbocycles. The molecule has 1 atom stereocenters. The van der Waals surface area contributed by atoms with Gasteiger partial charge in [-0.25, -0.2) is 4.79 Å². The molecule has 0 heterocycles. The number of carbonyl (C=O) groups is 1. The second-order valence-electron chi connectivity index (χ2n) is 3.98. The van der Waals surface area contributed by atoms with Crippen molar-refractivity contribution in [3.05, 3.63) is 0 Å². The smallest absolute Gasteiger partial charge is 0.334 e. The minimum atomic E-state index is -0.436. The highest BCUT2D eigenvalue weighted by atomic mass is 16.6. The average molecular weight is 262 g/mol. The molecule has 0 amide bonds. The van der Waals surface area contributed by atoms with Gasteiger partial charge in [-0.05, 0) is 12.8 Å². The molecule has 0 aromatic heterocycles. The summed E-state index contributed by atoms with van der Waals surface area (Å²) in [6.45, 7) is 4.40. The second-order valence-corrected chi connectivity index (χ2v) is 3.98. The Bertz CT molecular complexity index is 196. The molecule has 0 saturated heterocycles. The van der Waals surface area contributed by atoms with E-state index < -0.39 is 6.10 Å². The van der Waals surface area contributed by atoms with Gasteiger partial charge in [-0.15, -0.1) is 0 Å². The highest BCUT2D eigenvalue weighted by molar-refractivity contribution is 5.74. The molecule has 0 radical (unpaired) electrons. The first-order valence-corrected chi connectivity index (χ1v) is 6.52. The van der Waals surface area contributed by atoms with E-state index in [0.717, 1.165) is 19.3 Å². The first-order valence-electron chi connectivity index (χ1n) is 6.52. The quantitative estimate of drug-likeness (QED) is 0.396. The Kier molecular flexibility index (Phi) is 12.3. The molecule has 0 bridgehead atoms. The number of carbonyl (C=O) groups excluding carboxylic acids is 1. The SMILES string of the molecule is CCCCC(OCCCOCCOC)C(=O)OC.